The van der Waals surface area contributed by atoms with Gasteiger partial charge in [0.15, 0.2) is 6.79 Å². The third kappa shape index (κ3) is 4.25. The molecule has 1 aliphatic rings. The number of fused-ring (bicyclic) bond motifs is 1. The zero-order valence-electron chi connectivity index (χ0n) is 15.9. The minimum absolute atomic E-state index is 0.312. The van der Waals surface area contributed by atoms with Gasteiger partial charge in [-0.25, -0.2) is 0 Å². The zero-order valence-corrected chi connectivity index (χ0v) is 17.5. The predicted molar refractivity (Wildman–Crippen MR) is 119 cm³/mol. The molecule has 0 aliphatic carbocycles. The van der Waals surface area contributed by atoms with E-state index in [1.165, 1.54) is 10.4 Å². The number of benzene rings is 2. The highest BCUT2D eigenvalue weighted by molar-refractivity contribution is 7.97. The number of anilines is 1. The maximum Gasteiger partial charge on any atom is 0.189 e. The molecule has 2 aromatic carbocycles. The molecule has 0 amide bonds. The third-order valence-corrected chi connectivity index (χ3v) is 6.15. The number of ether oxygens (including phenoxy) is 2. The Morgan fingerprint density at radius 2 is 2.07 bits per heavy atom. The Labute approximate surface area is 173 Å². The summed E-state index contributed by atoms with van der Waals surface area (Å²) in [6.45, 7) is 5.14. The lowest BCUT2D eigenvalue weighted by Gasteiger charge is -2.20. The molecular weight excluding hydrogens is 388 g/mol. The summed E-state index contributed by atoms with van der Waals surface area (Å²) in [4.78, 5) is 2.40. The SMILES string of the molecule is C=C(Nc1cc(-c2cccs2)ccc1SN(C)C)c1ccc2c(c1)COCO2. The third-order valence-electron chi connectivity index (χ3n) is 4.32. The second kappa shape index (κ2) is 8.41. The van der Waals surface area contributed by atoms with Crippen LogP contribution in [0, 0.1) is 0 Å². The molecule has 1 aliphatic heterocycles. The van der Waals surface area contributed by atoms with Crippen LogP contribution in [-0.2, 0) is 11.3 Å². The number of thiophene rings is 1. The van der Waals surface area contributed by atoms with Crippen LogP contribution < -0.4 is 10.1 Å². The predicted octanol–water partition coefficient (Wildman–Crippen LogP) is 5.93. The van der Waals surface area contributed by atoms with E-state index in [2.05, 4.69) is 58.0 Å². The second-order valence-electron chi connectivity index (χ2n) is 6.63. The smallest absolute Gasteiger partial charge is 0.189 e. The molecule has 0 saturated carbocycles. The Morgan fingerprint density at radius 1 is 1.18 bits per heavy atom. The first-order valence-corrected chi connectivity index (χ1v) is 10.6. The Balaban J connectivity index is 1.63. The molecule has 28 heavy (non-hydrogen) atoms. The maximum atomic E-state index is 5.52. The summed E-state index contributed by atoms with van der Waals surface area (Å²) in [7, 11) is 4.08. The zero-order chi connectivity index (χ0) is 19.5. The van der Waals surface area contributed by atoms with E-state index in [0.717, 1.165) is 33.2 Å². The van der Waals surface area contributed by atoms with Gasteiger partial charge in [0, 0.05) is 21.0 Å². The van der Waals surface area contributed by atoms with E-state index in [9.17, 15) is 0 Å². The van der Waals surface area contributed by atoms with E-state index in [0.29, 0.717) is 13.4 Å². The lowest BCUT2D eigenvalue weighted by molar-refractivity contribution is -0.0163. The van der Waals surface area contributed by atoms with Crippen LogP contribution in [0.2, 0.25) is 0 Å². The molecule has 0 fully saturated rings. The van der Waals surface area contributed by atoms with Gasteiger partial charge in [0.25, 0.3) is 0 Å². The number of hydrogen-bond acceptors (Lipinski definition) is 6. The van der Waals surface area contributed by atoms with Crippen molar-refractivity contribution >= 4 is 34.7 Å². The van der Waals surface area contributed by atoms with E-state index in [1.807, 2.05) is 26.2 Å². The maximum absolute atomic E-state index is 5.52. The Hall–Kier alpha value is -2.25. The summed E-state index contributed by atoms with van der Waals surface area (Å²) in [5.41, 5.74) is 5.15. The van der Waals surface area contributed by atoms with E-state index in [4.69, 9.17) is 9.47 Å². The number of nitrogens with one attached hydrogen (secondary N) is 1. The van der Waals surface area contributed by atoms with Gasteiger partial charge in [-0.1, -0.05) is 18.7 Å². The van der Waals surface area contributed by atoms with Gasteiger partial charge in [-0.05, 0) is 78.9 Å². The first kappa shape index (κ1) is 19.1. The lowest BCUT2D eigenvalue weighted by atomic mass is 10.1. The van der Waals surface area contributed by atoms with Crippen molar-refractivity contribution in [2.75, 3.05) is 26.2 Å². The van der Waals surface area contributed by atoms with Gasteiger partial charge in [0.2, 0.25) is 0 Å². The van der Waals surface area contributed by atoms with Crippen LogP contribution in [0.1, 0.15) is 11.1 Å². The van der Waals surface area contributed by atoms with Crippen LogP contribution in [-0.4, -0.2) is 25.2 Å². The van der Waals surface area contributed by atoms with Crippen LogP contribution in [0.4, 0.5) is 5.69 Å². The average Bonchev–Trinajstić information content (AvgIpc) is 3.23. The average molecular weight is 411 g/mol. The molecule has 3 aromatic rings. The van der Waals surface area contributed by atoms with Crippen LogP contribution in [0.5, 0.6) is 5.75 Å². The topological polar surface area (TPSA) is 33.7 Å². The van der Waals surface area contributed by atoms with E-state index in [-0.39, 0.29) is 0 Å². The van der Waals surface area contributed by atoms with Crippen molar-refractivity contribution in [2.24, 2.45) is 0 Å². The lowest BCUT2D eigenvalue weighted by Crippen LogP contribution is -2.11. The van der Waals surface area contributed by atoms with Crippen molar-refractivity contribution in [3.63, 3.8) is 0 Å². The van der Waals surface area contributed by atoms with Gasteiger partial charge in [0.1, 0.15) is 5.75 Å². The molecule has 4 rings (SSSR count). The van der Waals surface area contributed by atoms with Crippen LogP contribution >= 0.6 is 23.3 Å². The molecule has 0 saturated heterocycles. The van der Waals surface area contributed by atoms with Gasteiger partial charge in [-0.2, -0.15) is 0 Å². The van der Waals surface area contributed by atoms with Gasteiger partial charge in [-0.3, -0.25) is 4.31 Å². The van der Waals surface area contributed by atoms with E-state index in [1.54, 1.807) is 23.3 Å². The molecule has 0 radical (unpaired) electrons. The summed E-state index contributed by atoms with van der Waals surface area (Å²) in [6.07, 6.45) is 0. The van der Waals surface area contributed by atoms with E-state index < -0.39 is 0 Å². The van der Waals surface area contributed by atoms with Crippen molar-refractivity contribution in [1.82, 2.24) is 4.31 Å². The molecule has 144 valence electrons. The van der Waals surface area contributed by atoms with Crippen molar-refractivity contribution in [1.29, 1.82) is 0 Å². The number of nitrogens with zero attached hydrogens (tertiary/aromatic N) is 1. The Kier molecular flexibility index (Phi) is 5.73. The molecule has 1 aromatic heterocycles. The largest absolute Gasteiger partial charge is 0.467 e. The van der Waals surface area contributed by atoms with Crippen LogP contribution in [0.25, 0.3) is 16.1 Å². The highest BCUT2D eigenvalue weighted by atomic mass is 32.2. The van der Waals surface area contributed by atoms with Gasteiger partial charge in [0.05, 0.1) is 12.3 Å². The quantitative estimate of drug-likeness (QED) is 0.509. The van der Waals surface area contributed by atoms with Gasteiger partial charge < -0.3 is 14.8 Å². The standard InChI is InChI=1S/C22H22N2O2S2/c1-15(16-6-8-20-18(11-16)13-25-14-26-20)23-19-12-17(21-5-4-10-27-21)7-9-22(19)28-24(2)3/h4-12,23H,1,13-14H2,2-3H3. The molecule has 0 spiro atoms. The summed E-state index contributed by atoms with van der Waals surface area (Å²) in [6, 6.07) is 16.8. The van der Waals surface area contributed by atoms with E-state index >= 15 is 0 Å². The second-order valence-corrected chi connectivity index (χ2v) is 8.93. The molecule has 0 unspecified atom stereocenters. The van der Waals surface area contributed by atoms with Gasteiger partial charge >= 0.3 is 0 Å². The molecule has 0 bridgehead atoms. The fraction of sp³-hybridized carbons (Fsp3) is 0.182. The molecular formula is C22H22N2O2S2. The van der Waals surface area contributed by atoms with Gasteiger partial charge in [-0.15, -0.1) is 11.3 Å². The highest BCUT2D eigenvalue weighted by Crippen LogP contribution is 2.36. The number of rotatable bonds is 6. The fourth-order valence-corrected chi connectivity index (χ4v) is 4.47. The minimum atomic E-state index is 0.312. The highest BCUT2D eigenvalue weighted by Gasteiger charge is 2.14. The summed E-state index contributed by atoms with van der Waals surface area (Å²) < 4.78 is 13.0. The molecule has 0 atom stereocenters. The van der Waals surface area contributed by atoms with Crippen molar-refractivity contribution in [2.45, 2.75) is 11.5 Å². The fourth-order valence-electron chi connectivity index (χ4n) is 3.01. The summed E-state index contributed by atoms with van der Waals surface area (Å²) in [5, 5.41) is 5.62. The summed E-state index contributed by atoms with van der Waals surface area (Å²) in [5.74, 6) is 0.881. The van der Waals surface area contributed by atoms with Crippen molar-refractivity contribution < 1.29 is 9.47 Å². The van der Waals surface area contributed by atoms with Crippen LogP contribution in [0.15, 0.2) is 65.4 Å². The van der Waals surface area contributed by atoms with Crippen molar-refractivity contribution in [3.8, 4) is 16.2 Å². The first-order valence-electron chi connectivity index (χ1n) is 8.93. The Bertz CT molecular complexity index is 984. The minimum Gasteiger partial charge on any atom is -0.467 e. The normalized spacial score (nSPS) is 13.1. The summed E-state index contributed by atoms with van der Waals surface area (Å²) >= 11 is 3.42. The molecule has 2 heterocycles. The molecule has 1 N–H and O–H groups in total. The first-order chi connectivity index (χ1) is 13.6. The number of hydrogen-bond donors (Lipinski definition) is 1. The molecule has 4 nitrogen and oxygen atoms in total. The monoisotopic (exact) mass is 410 g/mol. The van der Waals surface area contributed by atoms with Crippen molar-refractivity contribution in [3.05, 3.63) is 71.6 Å². The molecule has 6 heteroatoms. The van der Waals surface area contributed by atoms with Crippen LogP contribution in [0.3, 0.4) is 0 Å². The Morgan fingerprint density at radius 3 is 2.86 bits per heavy atom.